The zero-order valence-corrected chi connectivity index (χ0v) is 16.0. The van der Waals surface area contributed by atoms with Crippen molar-refractivity contribution >= 4 is 18.0 Å². The fourth-order valence-electron chi connectivity index (χ4n) is 3.06. The first-order valence-electron chi connectivity index (χ1n) is 8.85. The van der Waals surface area contributed by atoms with Crippen LogP contribution in [0.1, 0.15) is 33.1 Å². The summed E-state index contributed by atoms with van der Waals surface area (Å²) in [5.74, 6) is -0.876. The second-order valence-corrected chi connectivity index (χ2v) is 6.45. The Labute approximate surface area is 167 Å². The van der Waals surface area contributed by atoms with Crippen molar-refractivity contribution in [1.29, 1.82) is 5.26 Å². The highest BCUT2D eigenvalue weighted by atomic mass is 16.4. The number of aryl methyl sites for hydroxylation is 1. The molecule has 0 radical (unpaired) electrons. The van der Waals surface area contributed by atoms with Gasteiger partial charge in [0.15, 0.2) is 0 Å². The summed E-state index contributed by atoms with van der Waals surface area (Å²) in [4.78, 5) is 23.4. The Bertz CT molecular complexity index is 1110. The second-order valence-electron chi connectivity index (χ2n) is 6.45. The molecule has 1 aromatic carbocycles. The molecule has 3 rings (SSSR count). The molecule has 0 saturated heterocycles. The van der Waals surface area contributed by atoms with Crippen molar-refractivity contribution in [2.45, 2.75) is 20.4 Å². The monoisotopic (exact) mass is 389 g/mol. The van der Waals surface area contributed by atoms with E-state index in [0.29, 0.717) is 5.76 Å². The number of carbonyl (C=O) groups is 2. The maximum absolute atomic E-state index is 12.3. The fraction of sp³-hybridized carbons (Fsp3) is 0.136. The molecule has 0 aliphatic heterocycles. The number of rotatable bonds is 6. The van der Waals surface area contributed by atoms with Crippen LogP contribution in [0.25, 0.3) is 11.8 Å². The maximum Gasteiger partial charge on any atom is 0.335 e. The minimum absolute atomic E-state index is 0.0157. The predicted octanol–water partition coefficient (Wildman–Crippen LogP) is 3.61. The van der Waals surface area contributed by atoms with Gasteiger partial charge in [-0.1, -0.05) is 0 Å². The maximum atomic E-state index is 12.3. The Morgan fingerprint density at radius 3 is 2.55 bits per heavy atom. The van der Waals surface area contributed by atoms with Gasteiger partial charge in [-0.25, -0.2) is 4.79 Å². The second kappa shape index (κ2) is 8.31. The average Bonchev–Trinajstić information content (AvgIpc) is 3.32. The lowest BCUT2D eigenvalue weighted by atomic mass is 10.1. The Kier molecular flexibility index (Phi) is 5.65. The Morgan fingerprint density at radius 1 is 1.24 bits per heavy atom. The van der Waals surface area contributed by atoms with Crippen molar-refractivity contribution in [3.63, 3.8) is 0 Å². The highest BCUT2D eigenvalue weighted by Crippen LogP contribution is 2.23. The molecule has 7 nitrogen and oxygen atoms in total. The van der Waals surface area contributed by atoms with Crippen molar-refractivity contribution in [3.8, 4) is 11.8 Å². The average molecular weight is 389 g/mol. The number of nitrogens with one attached hydrogen (secondary N) is 1. The summed E-state index contributed by atoms with van der Waals surface area (Å²) < 4.78 is 7.11. The van der Waals surface area contributed by atoms with Gasteiger partial charge >= 0.3 is 5.97 Å². The smallest absolute Gasteiger partial charge is 0.335 e. The lowest BCUT2D eigenvalue weighted by Gasteiger charge is -2.10. The standard InChI is InChI=1S/C22H19N3O4/c1-14-10-17(11-18(12-23)21(26)24-13-20-4-3-9-29-20)15(2)25(14)19-7-5-16(6-8-19)22(27)28/h3-11H,13H2,1-2H3,(H,24,26)(H,27,28)/b18-11-. The van der Waals surface area contributed by atoms with Crippen LogP contribution in [0, 0.1) is 25.2 Å². The van der Waals surface area contributed by atoms with Crippen LogP contribution in [-0.4, -0.2) is 21.6 Å². The van der Waals surface area contributed by atoms with Gasteiger partial charge in [0.05, 0.1) is 18.4 Å². The van der Waals surface area contributed by atoms with Gasteiger partial charge in [-0.15, -0.1) is 0 Å². The fourth-order valence-corrected chi connectivity index (χ4v) is 3.06. The van der Waals surface area contributed by atoms with Crippen LogP contribution >= 0.6 is 0 Å². The van der Waals surface area contributed by atoms with Crippen molar-refractivity contribution < 1.29 is 19.1 Å². The molecule has 0 saturated carbocycles. The summed E-state index contributed by atoms with van der Waals surface area (Å²) in [6.07, 6.45) is 3.06. The number of hydrogen-bond acceptors (Lipinski definition) is 4. The van der Waals surface area contributed by atoms with Crippen LogP contribution in [0.3, 0.4) is 0 Å². The van der Waals surface area contributed by atoms with Crippen molar-refractivity contribution in [2.75, 3.05) is 0 Å². The van der Waals surface area contributed by atoms with E-state index in [9.17, 15) is 14.9 Å². The van der Waals surface area contributed by atoms with Crippen LogP contribution in [-0.2, 0) is 11.3 Å². The Morgan fingerprint density at radius 2 is 1.97 bits per heavy atom. The van der Waals surface area contributed by atoms with Gasteiger partial charge in [0.2, 0.25) is 0 Å². The SMILES string of the molecule is Cc1cc(/C=C(/C#N)C(=O)NCc2ccco2)c(C)n1-c1ccc(C(=O)O)cc1. The van der Waals surface area contributed by atoms with Gasteiger partial charge in [-0.3, -0.25) is 4.79 Å². The largest absolute Gasteiger partial charge is 0.478 e. The molecule has 0 fully saturated rings. The molecule has 0 aliphatic carbocycles. The molecule has 29 heavy (non-hydrogen) atoms. The number of benzene rings is 1. The third-order valence-corrected chi connectivity index (χ3v) is 4.51. The topological polar surface area (TPSA) is 108 Å². The number of carboxylic acid groups (broad SMARTS) is 1. The molecule has 0 spiro atoms. The molecule has 3 aromatic rings. The van der Waals surface area contributed by atoms with Gasteiger partial charge in [0.25, 0.3) is 5.91 Å². The normalized spacial score (nSPS) is 11.1. The van der Waals surface area contributed by atoms with E-state index in [1.807, 2.05) is 30.6 Å². The number of nitriles is 1. The molecule has 0 atom stereocenters. The van der Waals surface area contributed by atoms with Gasteiger partial charge in [-0.2, -0.15) is 5.26 Å². The van der Waals surface area contributed by atoms with E-state index in [-0.39, 0.29) is 17.7 Å². The number of hydrogen-bond donors (Lipinski definition) is 2. The number of aromatic nitrogens is 1. The first-order chi connectivity index (χ1) is 13.9. The summed E-state index contributed by atoms with van der Waals surface area (Å²) >= 11 is 0. The molecule has 0 bridgehead atoms. The zero-order chi connectivity index (χ0) is 21.0. The lowest BCUT2D eigenvalue weighted by Crippen LogP contribution is -2.23. The zero-order valence-electron chi connectivity index (χ0n) is 16.0. The van der Waals surface area contributed by atoms with E-state index in [1.54, 1.807) is 30.3 Å². The third-order valence-electron chi connectivity index (χ3n) is 4.51. The van der Waals surface area contributed by atoms with Gasteiger partial charge in [-0.05, 0) is 68.0 Å². The van der Waals surface area contributed by atoms with Gasteiger partial charge in [0, 0.05) is 17.1 Å². The highest BCUT2D eigenvalue weighted by Gasteiger charge is 2.14. The molecular weight excluding hydrogens is 370 g/mol. The first kappa shape index (κ1) is 19.7. The summed E-state index contributed by atoms with van der Waals surface area (Å²) in [7, 11) is 0. The van der Waals surface area contributed by atoms with E-state index in [2.05, 4.69) is 5.32 Å². The Hall–Kier alpha value is -4.05. The molecular formula is C22H19N3O4. The molecule has 2 N–H and O–H groups in total. The molecule has 146 valence electrons. The first-order valence-corrected chi connectivity index (χ1v) is 8.85. The van der Waals surface area contributed by atoms with Gasteiger partial charge < -0.3 is 19.4 Å². The van der Waals surface area contributed by atoms with Crippen LogP contribution in [0.15, 0.2) is 58.7 Å². The summed E-state index contributed by atoms with van der Waals surface area (Å²) in [5.41, 5.74) is 3.44. The number of carbonyl (C=O) groups excluding carboxylic acids is 1. The van der Waals surface area contributed by atoms with E-state index < -0.39 is 11.9 Å². The van der Waals surface area contributed by atoms with E-state index >= 15 is 0 Å². The van der Waals surface area contributed by atoms with E-state index in [1.165, 1.54) is 18.4 Å². The van der Waals surface area contributed by atoms with Crippen LogP contribution in [0.5, 0.6) is 0 Å². The summed E-state index contributed by atoms with van der Waals surface area (Å²) in [6, 6.07) is 13.8. The number of carboxylic acids is 1. The van der Waals surface area contributed by atoms with Crippen molar-refractivity contribution in [3.05, 3.63) is 82.6 Å². The summed E-state index contributed by atoms with van der Waals surface area (Å²) in [6.45, 7) is 3.97. The van der Waals surface area contributed by atoms with Crippen molar-refractivity contribution in [2.24, 2.45) is 0 Å². The van der Waals surface area contributed by atoms with Crippen LogP contribution in [0.2, 0.25) is 0 Å². The molecule has 2 heterocycles. The van der Waals surface area contributed by atoms with Crippen molar-refractivity contribution in [1.82, 2.24) is 9.88 Å². The number of amides is 1. The van der Waals surface area contributed by atoms with E-state index in [4.69, 9.17) is 9.52 Å². The summed E-state index contributed by atoms with van der Waals surface area (Å²) in [5, 5.41) is 21.1. The molecule has 1 amide bonds. The van der Waals surface area contributed by atoms with Crippen LogP contribution < -0.4 is 5.32 Å². The van der Waals surface area contributed by atoms with E-state index in [0.717, 1.165) is 22.6 Å². The molecule has 0 aliphatic rings. The minimum atomic E-state index is -0.986. The number of furan rings is 1. The van der Waals surface area contributed by atoms with Gasteiger partial charge in [0.1, 0.15) is 17.4 Å². The lowest BCUT2D eigenvalue weighted by molar-refractivity contribution is -0.117. The molecule has 7 heteroatoms. The quantitative estimate of drug-likeness (QED) is 0.494. The molecule has 0 unspecified atom stereocenters. The predicted molar refractivity (Wildman–Crippen MR) is 106 cm³/mol. The number of aromatic carboxylic acids is 1. The Balaban J connectivity index is 1.86. The third kappa shape index (κ3) is 4.28. The molecule has 2 aromatic heterocycles. The van der Waals surface area contributed by atoms with Crippen LogP contribution in [0.4, 0.5) is 0 Å². The number of nitrogens with zero attached hydrogens (tertiary/aromatic N) is 2. The highest BCUT2D eigenvalue weighted by molar-refractivity contribution is 6.01. The minimum Gasteiger partial charge on any atom is -0.478 e.